The second kappa shape index (κ2) is 5.20. The Morgan fingerprint density at radius 2 is 2.19 bits per heavy atom. The van der Waals surface area contributed by atoms with Gasteiger partial charge in [0.1, 0.15) is 0 Å². The molecule has 0 bridgehead atoms. The predicted octanol–water partition coefficient (Wildman–Crippen LogP) is 0.536. The van der Waals surface area contributed by atoms with Crippen molar-refractivity contribution in [1.82, 2.24) is 9.03 Å². The summed E-state index contributed by atoms with van der Waals surface area (Å²) in [6.45, 7) is 2.49. The highest BCUT2D eigenvalue weighted by Crippen LogP contribution is 2.23. The molecule has 0 radical (unpaired) electrons. The second-order valence-electron chi connectivity index (χ2n) is 3.74. The van der Waals surface area contributed by atoms with Crippen LogP contribution in [0.1, 0.15) is 13.3 Å². The van der Waals surface area contributed by atoms with Gasteiger partial charge in [-0.2, -0.15) is 12.7 Å². The molecule has 2 unspecified atom stereocenters. The lowest BCUT2D eigenvalue weighted by molar-refractivity contribution is 0.176. The van der Waals surface area contributed by atoms with Crippen LogP contribution >= 0.6 is 11.6 Å². The van der Waals surface area contributed by atoms with Crippen molar-refractivity contribution in [1.29, 1.82) is 0 Å². The Hall–Kier alpha value is -0.530. The van der Waals surface area contributed by atoms with Gasteiger partial charge < -0.3 is 4.74 Å². The molecule has 0 saturated carbocycles. The number of nitrogens with zero attached hydrogens (tertiary/aromatic N) is 1. The number of piperidine rings is 1. The quantitative estimate of drug-likeness (QED) is 0.743. The fraction of sp³-hybridized carbons (Fsp3) is 0.875. The standard InChI is InChI=1S/C8H15ClN2O4S/c1-6-5-11(4-3-7(6)9)16(13,14)10-8(12)15-2/h6-7H,3-5H2,1-2H3,(H,10,12). The van der Waals surface area contributed by atoms with Gasteiger partial charge in [0.2, 0.25) is 0 Å². The van der Waals surface area contributed by atoms with Crippen LogP contribution in [0.3, 0.4) is 0 Å². The van der Waals surface area contributed by atoms with Crippen molar-refractivity contribution in [2.75, 3.05) is 20.2 Å². The minimum Gasteiger partial charge on any atom is -0.452 e. The van der Waals surface area contributed by atoms with E-state index >= 15 is 0 Å². The lowest BCUT2D eigenvalue weighted by Crippen LogP contribution is -2.49. The molecule has 16 heavy (non-hydrogen) atoms. The Bertz CT molecular complexity index is 359. The minimum atomic E-state index is -3.80. The number of nitrogens with one attached hydrogen (secondary N) is 1. The Balaban J connectivity index is 2.67. The number of alkyl halides is 1. The van der Waals surface area contributed by atoms with Crippen LogP contribution in [-0.2, 0) is 14.9 Å². The third-order valence-corrected chi connectivity index (χ3v) is 4.59. The van der Waals surface area contributed by atoms with Crippen LogP contribution in [0.2, 0.25) is 0 Å². The summed E-state index contributed by atoms with van der Waals surface area (Å²) >= 11 is 5.98. The normalized spacial score (nSPS) is 27.4. The maximum Gasteiger partial charge on any atom is 0.421 e. The van der Waals surface area contributed by atoms with E-state index in [9.17, 15) is 13.2 Å². The first kappa shape index (κ1) is 13.5. The number of carbonyl (C=O) groups excluding carboxylic acids is 1. The van der Waals surface area contributed by atoms with Crippen LogP contribution in [0.5, 0.6) is 0 Å². The van der Waals surface area contributed by atoms with Crippen molar-refractivity contribution in [3.8, 4) is 0 Å². The van der Waals surface area contributed by atoms with E-state index in [1.807, 2.05) is 6.92 Å². The van der Waals surface area contributed by atoms with Gasteiger partial charge in [0.25, 0.3) is 0 Å². The number of rotatable bonds is 2. The summed E-state index contributed by atoms with van der Waals surface area (Å²) in [6.07, 6.45) is -0.411. The van der Waals surface area contributed by atoms with Crippen LogP contribution in [0, 0.1) is 5.92 Å². The molecule has 0 aromatic carbocycles. The van der Waals surface area contributed by atoms with E-state index in [0.717, 1.165) is 7.11 Å². The van der Waals surface area contributed by atoms with E-state index in [0.29, 0.717) is 19.5 Å². The summed E-state index contributed by atoms with van der Waals surface area (Å²) in [4.78, 5) is 10.9. The summed E-state index contributed by atoms with van der Waals surface area (Å²) < 4.78 is 30.6. The van der Waals surface area contributed by atoms with Gasteiger partial charge >= 0.3 is 16.3 Å². The summed E-state index contributed by atoms with van der Waals surface area (Å²) in [7, 11) is -2.69. The molecule has 2 atom stereocenters. The van der Waals surface area contributed by atoms with Crippen LogP contribution < -0.4 is 4.72 Å². The van der Waals surface area contributed by atoms with Gasteiger partial charge in [0, 0.05) is 18.5 Å². The van der Waals surface area contributed by atoms with Crippen molar-refractivity contribution in [3.05, 3.63) is 0 Å². The highest BCUT2D eigenvalue weighted by atomic mass is 35.5. The number of hydrogen-bond acceptors (Lipinski definition) is 4. The molecule has 94 valence electrons. The third-order valence-electron chi connectivity index (χ3n) is 2.50. The number of carbonyl (C=O) groups is 1. The molecule has 1 N–H and O–H groups in total. The summed E-state index contributed by atoms with van der Waals surface area (Å²) in [5.74, 6) is 0.0599. The maximum absolute atomic E-state index is 11.7. The minimum absolute atomic E-state index is 0.0235. The second-order valence-corrected chi connectivity index (χ2v) is 5.97. The number of amides is 1. The number of hydrogen-bond donors (Lipinski definition) is 1. The third kappa shape index (κ3) is 3.23. The van der Waals surface area contributed by atoms with E-state index in [1.165, 1.54) is 4.31 Å². The molecular weight excluding hydrogens is 256 g/mol. The molecule has 0 aromatic rings. The van der Waals surface area contributed by atoms with Gasteiger partial charge in [-0.1, -0.05) is 6.92 Å². The van der Waals surface area contributed by atoms with Crippen LogP contribution in [0.15, 0.2) is 0 Å². The van der Waals surface area contributed by atoms with Gasteiger partial charge in [0.15, 0.2) is 0 Å². The van der Waals surface area contributed by atoms with E-state index in [-0.39, 0.29) is 11.3 Å². The zero-order valence-electron chi connectivity index (χ0n) is 9.14. The maximum atomic E-state index is 11.7. The van der Waals surface area contributed by atoms with Gasteiger partial charge in [-0.25, -0.2) is 9.52 Å². The molecule has 0 aromatic heterocycles. The first-order valence-corrected chi connectivity index (χ1v) is 6.74. The Morgan fingerprint density at radius 3 is 2.69 bits per heavy atom. The Kier molecular flexibility index (Phi) is 4.40. The molecule has 1 fully saturated rings. The predicted molar refractivity (Wildman–Crippen MR) is 59.5 cm³/mol. The van der Waals surface area contributed by atoms with Crippen molar-refractivity contribution in [3.63, 3.8) is 0 Å². The molecule has 1 saturated heterocycles. The van der Waals surface area contributed by atoms with E-state index < -0.39 is 16.3 Å². The van der Waals surface area contributed by atoms with E-state index in [2.05, 4.69) is 4.74 Å². The average molecular weight is 271 g/mol. The molecule has 1 aliphatic heterocycles. The largest absolute Gasteiger partial charge is 0.452 e. The van der Waals surface area contributed by atoms with Gasteiger partial charge in [-0.15, -0.1) is 11.6 Å². The molecule has 6 nitrogen and oxygen atoms in total. The molecule has 1 heterocycles. The average Bonchev–Trinajstić information content (AvgIpc) is 2.21. The molecule has 1 aliphatic rings. The summed E-state index contributed by atoms with van der Waals surface area (Å²) in [5, 5.41) is -0.0235. The zero-order valence-corrected chi connectivity index (χ0v) is 10.7. The van der Waals surface area contributed by atoms with Gasteiger partial charge in [-0.05, 0) is 12.3 Å². The van der Waals surface area contributed by atoms with Crippen molar-refractivity contribution in [2.45, 2.75) is 18.7 Å². The zero-order chi connectivity index (χ0) is 12.3. The fourth-order valence-electron chi connectivity index (χ4n) is 1.51. The monoisotopic (exact) mass is 270 g/mol. The highest BCUT2D eigenvalue weighted by Gasteiger charge is 2.32. The van der Waals surface area contributed by atoms with Gasteiger partial charge in [0.05, 0.1) is 7.11 Å². The molecular formula is C8H15ClN2O4S. The first-order valence-electron chi connectivity index (χ1n) is 4.86. The molecule has 8 heteroatoms. The lowest BCUT2D eigenvalue weighted by Gasteiger charge is -2.32. The Morgan fingerprint density at radius 1 is 1.56 bits per heavy atom. The number of halogens is 1. The van der Waals surface area contributed by atoms with E-state index in [4.69, 9.17) is 11.6 Å². The van der Waals surface area contributed by atoms with Crippen LogP contribution in [0.4, 0.5) is 4.79 Å². The lowest BCUT2D eigenvalue weighted by atomic mass is 10.0. The molecule has 0 aliphatic carbocycles. The summed E-state index contributed by atoms with van der Waals surface area (Å²) in [6, 6.07) is 0. The van der Waals surface area contributed by atoms with Crippen molar-refractivity contribution < 1.29 is 17.9 Å². The SMILES string of the molecule is COC(=O)NS(=O)(=O)N1CCC(Cl)C(C)C1. The van der Waals surface area contributed by atoms with Crippen molar-refractivity contribution >= 4 is 27.9 Å². The molecule has 1 rings (SSSR count). The van der Waals surface area contributed by atoms with Crippen molar-refractivity contribution in [2.24, 2.45) is 5.92 Å². The van der Waals surface area contributed by atoms with Crippen LogP contribution in [0.25, 0.3) is 0 Å². The number of methoxy groups -OCH3 is 1. The van der Waals surface area contributed by atoms with E-state index in [1.54, 1.807) is 4.72 Å². The smallest absolute Gasteiger partial charge is 0.421 e. The fourth-order valence-corrected chi connectivity index (χ4v) is 2.89. The molecule has 1 amide bonds. The first-order chi connectivity index (χ1) is 7.36. The Labute approximate surface area is 100 Å². The summed E-state index contributed by atoms with van der Waals surface area (Å²) in [5.41, 5.74) is 0. The molecule has 0 spiro atoms. The van der Waals surface area contributed by atoms with Crippen LogP contribution in [-0.4, -0.2) is 44.4 Å². The number of ether oxygens (including phenoxy) is 1. The highest BCUT2D eigenvalue weighted by molar-refractivity contribution is 7.87. The van der Waals surface area contributed by atoms with Gasteiger partial charge in [-0.3, -0.25) is 0 Å². The topological polar surface area (TPSA) is 75.7 Å².